The number of aliphatic hydroxyl groups is 1. The first kappa shape index (κ1) is 13.7. The Labute approximate surface area is 111 Å². The van der Waals surface area contributed by atoms with Gasteiger partial charge in [-0.05, 0) is 48.7 Å². The normalized spacial score (nSPS) is 12.7. The van der Waals surface area contributed by atoms with Gasteiger partial charge in [-0.15, -0.1) is 0 Å². The standard InChI is InChI=1S/C16H16F2O/c1-11(19)10-16(12-2-6-14(17)7-3-12)13-4-8-15(18)9-5-13/h2-9,11,16,19H,10H2,1H3. The molecule has 0 heterocycles. The maximum Gasteiger partial charge on any atom is 0.123 e. The van der Waals surface area contributed by atoms with Crippen molar-refractivity contribution in [3.05, 3.63) is 71.3 Å². The Balaban J connectivity index is 2.35. The Morgan fingerprint density at radius 2 is 1.21 bits per heavy atom. The number of rotatable bonds is 4. The summed E-state index contributed by atoms with van der Waals surface area (Å²) in [5.74, 6) is -0.654. The van der Waals surface area contributed by atoms with Gasteiger partial charge in [-0.1, -0.05) is 24.3 Å². The van der Waals surface area contributed by atoms with Gasteiger partial charge in [0.15, 0.2) is 0 Å². The van der Waals surface area contributed by atoms with Crippen LogP contribution >= 0.6 is 0 Å². The number of hydrogen-bond acceptors (Lipinski definition) is 1. The van der Waals surface area contributed by atoms with Crippen LogP contribution in [-0.4, -0.2) is 11.2 Å². The van der Waals surface area contributed by atoms with Crippen LogP contribution in [-0.2, 0) is 0 Å². The minimum absolute atomic E-state index is 0.0683. The van der Waals surface area contributed by atoms with Crippen molar-refractivity contribution in [2.24, 2.45) is 0 Å². The Hall–Kier alpha value is -1.74. The molecule has 1 atom stereocenters. The smallest absolute Gasteiger partial charge is 0.123 e. The molecule has 0 saturated heterocycles. The van der Waals surface area contributed by atoms with Crippen LogP contribution in [0.4, 0.5) is 8.78 Å². The highest BCUT2D eigenvalue weighted by Gasteiger charge is 2.16. The summed E-state index contributed by atoms with van der Waals surface area (Å²) in [7, 11) is 0. The fourth-order valence-corrected chi connectivity index (χ4v) is 2.20. The second kappa shape index (κ2) is 5.93. The molecule has 0 amide bonds. The highest BCUT2D eigenvalue weighted by atomic mass is 19.1. The number of halogens is 2. The number of hydrogen-bond donors (Lipinski definition) is 1. The van der Waals surface area contributed by atoms with Crippen LogP contribution in [0.3, 0.4) is 0 Å². The third kappa shape index (κ3) is 3.61. The van der Waals surface area contributed by atoms with Gasteiger partial charge in [0.2, 0.25) is 0 Å². The van der Waals surface area contributed by atoms with Crippen LogP contribution in [0.25, 0.3) is 0 Å². The topological polar surface area (TPSA) is 20.2 Å². The van der Waals surface area contributed by atoms with Crippen LogP contribution < -0.4 is 0 Å². The molecule has 0 fully saturated rings. The van der Waals surface area contributed by atoms with Gasteiger partial charge in [0.05, 0.1) is 6.10 Å². The zero-order chi connectivity index (χ0) is 13.8. The van der Waals surface area contributed by atoms with Gasteiger partial charge in [-0.25, -0.2) is 8.78 Å². The van der Waals surface area contributed by atoms with Crippen molar-refractivity contribution in [3.63, 3.8) is 0 Å². The monoisotopic (exact) mass is 262 g/mol. The van der Waals surface area contributed by atoms with Crippen LogP contribution in [0.15, 0.2) is 48.5 Å². The molecule has 0 bridgehead atoms. The van der Waals surface area contributed by atoms with Crippen molar-refractivity contribution in [2.45, 2.75) is 25.4 Å². The molecule has 19 heavy (non-hydrogen) atoms. The average molecular weight is 262 g/mol. The van der Waals surface area contributed by atoms with Crippen molar-refractivity contribution in [1.29, 1.82) is 0 Å². The Kier molecular flexibility index (Phi) is 4.27. The Bertz CT molecular complexity index is 472. The lowest BCUT2D eigenvalue weighted by atomic mass is 9.87. The molecule has 0 aliphatic heterocycles. The van der Waals surface area contributed by atoms with E-state index in [1.54, 1.807) is 31.2 Å². The van der Waals surface area contributed by atoms with Gasteiger partial charge in [0.25, 0.3) is 0 Å². The molecule has 1 nitrogen and oxygen atoms in total. The fourth-order valence-electron chi connectivity index (χ4n) is 2.20. The molecule has 1 unspecified atom stereocenters. The van der Waals surface area contributed by atoms with Gasteiger partial charge in [0.1, 0.15) is 11.6 Å². The van der Waals surface area contributed by atoms with Gasteiger partial charge < -0.3 is 5.11 Å². The third-order valence-electron chi connectivity index (χ3n) is 3.12. The summed E-state index contributed by atoms with van der Waals surface area (Å²) < 4.78 is 25.9. The van der Waals surface area contributed by atoms with E-state index in [1.807, 2.05) is 0 Å². The quantitative estimate of drug-likeness (QED) is 0.886. The minimum atomic E-state index is -0.486. The first-order chi connectivity index (χ1) is 9.06. The van der Waals surface area contributed by atoms with Crippen molar-refractivity contribution < 1.29 is 13.9 Å². The second-order valence-electron chi connectivity index (χ2n) is 4.74. The summed E-state index contributed by atoms with van der Waals surface area (Å²) in [5.41, 5.74) is 1.82. The summed E-state index contributed by atoms with van der Waals surface area (Å²) in [5, 5.41) is 9.61. The molecule has 0 aliphatic carbocycles. The molecule has 1 N–H and O–H groups in total. The highest BCUT2D eigenvalue weighted by molar-refractivity contribution is 5.32. The summed E-state index contributed by atoms with van der Waals surface area (Å²) in [6.45, 7) is 1.71. The average Bonchev–Trinajstić information content (AvgIpc) is 2.38. The SMILES string of the molecule is CC(O)CC(c1ccc(F)cc1)c1ccc(F)cc1. The fraction of sp³-hybridized carbons (Fsp3) is 0.250. The number of aliphatic hydroxyl groups excluding tert-OH is 1. The molecule has 0 aliphatic rings. The van der Waals surface area contributed by atoms with E-state index in [4.69, 9.17) is 0 Å². The van der Waals surface area contributed by atoms with Crippen molar-refractivity contribution in [2.75, 3.05) is 0 Å². The van der Waals surface area contributed by atoms with E-state index >= 15 is 0 Å². The van der Waals surface area contributed by atoms with E-state index in [0.717, 1.165) is 11.1 Å². The second-order valence-corrected chi connectivity index (χ2v) is 4.74. The van der Waals surface area contributed by atoms with Crippen molar-refractivity contribution in [1.82, 2.24) is 0 Å². The van der Waals surface area contributed by atoms with E-state index in [0.29, 0.717) is 6.42 Å². The largest absolute Gasteiger partial charge is 0.393 e. The molecule has 0 saturated carbocycles. The summed E-state index contributed by atoms with van der Waals surface area (Å²) >= 11 is 0. The van der Waals surface area contributed by atoms with E-state index in [9.17, 15) is 13.9 Å². The van der Waals surface area contributed by atoms with Crippen LogP contribution in [0.1, 0.15) is 30.4 Å². The molecule has 100 valence electrons. The molecular formula is C16H16F2O. The van der Waals surface area contributed by atoms with Gasteiger partial charge >= 0.3 is 0 Å². The molecule has 2 aromatic rings. The summed E-state index contributed by atoms with van der Waals surface area (Å²) in [6.07, 6.45) is 0.0252. The molecule has 0 radical (unpaired) electrons. The van der Waals surface area contributed by atoms with E-state index in [1.165, 1.54) is 24.3 Å². The van der Waals surface area contributed by atoms with Crippen LogP contribution in [0.2, 0.25) is 0 Å². The lowest BCUT2D eigenvalue weighted by Crippen LogP contribution is -2.10. The van der Waals surface area contributed by atoms with Crippen molar-refractivity contribution >= 4 is 0 Å². The zero-order valence-electron chi connectivity index (χ0n) is 10.7. The Morgan fingerprint density at radius 3 is 1.53 bits per heavy atom. The predicted molar refractivity (Wildman–Crippen MR) is 70.9 cm³/mol. The zero-order valence-corrected chi connectivity index (χ0v) is 10.7. The molecule has 2 aromatic carbocycles. The first-order valence-electron chi connectivity index (χ1n) is 6.25. The van der Waals surface area contributed by atoms with Crippen molar-refractivity contribution in [3.8, 4) is 0 Å². The highest BCUT2D eigenvalue weighted by Crippen LogP contribution is 2.29. The molecule has 2 rings (SSSR count). The number of benzene rings is 2. The molecule has 0 aromatic heterocycles. The maximum absolute atomic E-state index is 13.0. The molecule has 3 heteroatoms. The van der Waals surface area contributed by atoms with E-state index < -0.39 is 6.10 Å². The van der Waals surface area contributed by atoms with E-state index in [-0.39, 0.29) is 17.6 Å². The van der Waals surface area contributed by atoms with Crippen LogP contribution in [0.5, 0.6) is 0 Å². The molecule has 0 spiro atoms. The third-order valence-corrected chi connectivity index (χ3v) is 3.12. The lowest BCUT2D eigenvalue weighted by molar-refractivity contribution is 0.179. The summed E-state index contributed by atoms with van der Waals surface area (Å²) in [6, 6.07) is 12.4. The van der Waals surface area contributed by atoms with Gasteiger partial charge in [-0.3, -0.25) is 0 Å². The van der Waals surface area contributed by atoms with Gasteiger partial charge in [0, 0.05) is 5.92 Å². The predicted octanol–water partition coefficient (Wildman–Crippen LogP) is 3.87. The Morgan fingerprint density at radius 1 is 0.842 bits per heavy atom. The summed E-state index contributed by atoms with van der Waals surface area (Å²) in [4.78, 5) is 0. The molecular weight excluding hydrogens is 246 g/mol. The lowest BCUT2D eigenvalue weighted by Gasteiger charge is -2.19. The first-order valence-corrected chi connectivity index (χ1v) is 6.25. The minimum Gasteiger partial charge on any atom is -0.393 e. The van der Waals surface area contributed by atoms with E-state index in [2.05, 4.69) is 0 Å². The van der Waals surface area contributed by atoms with Gasteiger partial charge in [-0.2, -0.15) is 0 Å². The maximum atomic E-state index is 13.0. The van der Waals surface area contributed by atoms with Crippen LogP contribution in [0, 0.1) is 11.6 Å².